The Bertz CT molecular complexity index is 223. The van der Waals surface area contributed by atoms with Gasteiger partial charge in [0.25, 0.3) is 0 Å². The first-order valence-electron chi connectivity index (χ1n) is 4.67. The highest BCUT2D eigenvalue weighted by atomic mass is 16.5. The molecule has 1 aromatic carbocycles. The van der Waals surface area contributed by atoms with Gasteiger partial charge in [-0.25, -0.2) is 5.48 Å². The molecule has 0 heterocycles. The number of nitrogens with one attached hydrogen (secondary N) is 1. The Morgan fingerprint density at radius 2 is 2.15 bits per heavy atom. The molecule has 2 heteroatoms. The fourth-order valence-electron chi connectivity index (χ4n) is 1.27. The van der Waals surface area contributed by atoms with Crippen LogP contribution < -0.4 is 5.48 Å². The van der Waals surface area contributed by atoms with Gasteiger partial charge in [-0.05, 0) is 37.8 Å². The number of benzene rings is 1. The Kier molecular flexibility index (Phi) is 4.50. The normalized spacial score (nSPS) is 12.8. The molecule has 0 saturated heterocycles. The summed E-state index contributed by atoms with van der Waals surface area (Å²) in [4.78, 5) is 0. The van der Waals surface area contributed by atoms with Gasteiger partial charge in [0, 0.05) is 6.04 Å². The van der Waals surface area contributed by atoms with Crippen LogP contribution in [0.2, 0.25) is 0 Å². The number of hydrogen-bond donors (Lipinski definition) is 2. The molecule has 13 heavy (non-hydrogen) atoms. The van der Waals surface area contributed by atoms with Crippen LogP contribution in [-0.4, -0.2) is 11.2 Å². The minimum atomic E-state index is 0.190. The molecule has 71 valence electrons. The zero-order chi connectivity index (χ0) is 9.52. The molecule has 0 aromatic heterocycles. The van der Waals surface area contributed by atoms with Gasteiger partial charge < -0.3 is 5.21 Å². The summed E-state index contributed by atoms with van der Waals surface area (Å²) in [6, 6.07) is 11.2. The Hall–Kier alpha value is -0.860. The second-order valence-corrected chi connectivity index (χ2v) is 3.33. The molecule has 0 aliphatic heterocycles. The number of hydroxylamine groups is 1. The molecule has 2 nitrogen and oxygen atoms in total. The molecule has 0 saturated carbocycles. The van der Waals surface area contributed by atoms with Crippen molar-refractivity contribution in [3.63, 3.8) is 0 Å². The van der Waals surface area contributed by atoms with Crippen LogP contribution in [-0.2, 0) is 6.42 Å². The van der Waals surface area contributed by atoms with E-state index in [0.29, 0.717) is 0 Å². The first-order valence-corrected chi connectivity index (χ1v) is 4.67. The summed E-state index contributed by atoms with van der Waals surface area (Å²) < 4.78 is 0. The van der Waals surface area contributed by atoms with Gasteiger partial charge >= 0.3 is 0 Å². The van der Waals surface area contributed by atoms with E-state index in [0.717, 1.165) is 19.3 Å². The van der Waals surface area contributed by atoms with Crippen molar-refractivity contribution in [1.29, 1.82) is 0 Å². The first-order chi connectivity index (χ1) is 6.33. The van der Waals surface area contributed by atoms with E-state index in [2.05, 4.69) is 23.7 Å². The van der Waals surface area contributed by atoms with Crippen molar-refractivity contribution in [2.24, 2.45) is 0 Å². The summed E-state index contributed by atoms with van der Waals surface area (Å²) in [5.41, 5.74) is 3.58. The Labute approximate surface area is 79.6 Å². The van der Waals surface area contributed by atoms with Crippen LogP contribution in [0, 0.1) is 6.07 Å². The highest BCUT2D eigenvalue weighted by Gasteiger charge is 1.98. The molecule has 2 N–H and O–H groups in total. The predicted molar refractivity (Wildman–Crippen MR) is 52.6 cm³/mol. The predicted octanol–water partition coefficient (Wildman–Crippen LogP) is 2.18. The topological polar surface area (TPSA) is 32.3 Å². The van der Waals surface area contributed by atoms with Gasteiger partial charge in [0.1, 0.15) is 0 Å². The number of rotatable bonds is 5. The second-order valence-electron chi connectivity index (χ2n) is 3.33. The third-order valence-electron chi connectivity index (χ3n) is 2.11. The lowest BCUT2D eigenvalue weighted by molar-refractivity contribution is 0.128. The molecule has 0 aliphatic carbocycles. The van der Waals surface area contributed by atoms with Crippen molar-refractivity contribution < 1.29 is 5.21 Å². The lowest BCUT2D eigenvalue weighted by atomic mass is 10.1. The van der Waals surface area contributed by atoms with E-state index in [4.69, 9.17) is 5.21 Å². The largest absolute Gasteiger partial charge is 0.317 e. The summed E-state index contributed by atoms with van der Waals surface area (Å²) >= 11 is 0. The summed E-state index contributed by atoms with van der Waals surface area (Å²) in [5, 5.41) is 8.58. The van der Waals surface area contributed by atoms with E-state index >= 15 is 0 Å². The van der Waals surface area contributed by atoms with Gasteiger partial charge in [-0.2, -0.15) is 0 Å². The molecular formula is C11H16NO. The monoisotopic (exact) mass is 178 g/mol. The van der Waals surface area contributed by atoms with Crippen molar-refractivity contribution >= 4 is 0 Å². The maximum Gasteiger partial charge on any atom is 0.0291 e. The van der Waals surface area contributed by atoms with E-state index in [9.17, 15) is 0 Å². The van der Waals surface area contributed by atoms with E-state index in [-0.39, 0.29) is 6.04 Å². The van der Waals surface area contributed by atoms with E-state index in [1.54, 1.807) is 0 Å². The average molecular weight is 178 g/mol. The fourth-order valence-corrected chi connectivity index (χ4v) is 1.27. The van der Waals surface area contributed by atoms with Crippen LogP contribution in [0.15, 0.2) is 24.3 Å². The third-order valence-corrected chi connectivity index (χ3v) is 2.11. The molecule has 0 fully saturated rings. The minimum absolute atomic E-state index is 0.190. The lowest BCUT2D eigenvalue weighted by Crippen LogP contribution is -2.21. The zero-order valence-corrected chi connectivity index (χ0v) is 7.96. The van der Waals surface area contributed by atoms with Gasteiger partial charge in [0.2, 0.25) is 0 Å². The van der Waals surface area contributed by atoms with Gasteiger partial charge in [-0.1, -0.05) is 24.3 Å². The standard InChI is InChI=1S/C11H16NO/c1-10(12-13)6-5-9-11-7-3-2-4-8-11/h3-4,7-8,10,12-13H,5-6,9H2,1H3. The van der Waals surface area contributed by atoms with E-state index in [1.807, 2.05) is 19.1 Å². The molecule has 0 bridgehead atoms. The summed E-state index contributed by atoms with van der Waals surface area (Å²) in [6.45, 7) is 1.97. The Morgan fingerprint density at radius 3 is 2.77 bits per heavy atom. The highest BCUT2D eigenvalue weighted by molar-refractivity contribution is 5.13. The molecule has 1 aromatic rings. The zero-order valence-electron chi connectivity index (χ0n) is 7.96. The fraction of sp³-hybridized carbons (Fsp3) is 0.455. The molecule has 1 rings (SSSR count). The van der Waals surface area contributed by atoms with Gasteiger partial charge in [-0.3, -0.25) is 0 Å². The summed E-state index contributed by atoms with van der Waals surface area (Å²) in [7, 11) is 0. The van der Waals surface area contributed by atoms with Crippen LogP contribution >= 0.6 is 0 Å². The lowest BCUT2D eigenvalue weighted by Gasteiger charge is -2.07. The van der Waals surface area contributed by atoms with Crippen molar-refractivity contribution in [3.05, 3.63) is 35.9 Å². The Balaban J connectivity index is 2.20. The average Bonchev–Trinajstić information content (AvgIpc) is 2.19. The van der Waals surface area contributed by atoms with Crippen LogP contribution in [0.5, 0.6) is 0 Å². The molecular weight excluding hydrogens is 162 g/mol. The molecule has 0 amide bonds. The number of aryl methyl sites for hydroxylation is 1. The van der Waals surface area contributed by atoms with E-state index in [1.165, 1.54) is 5.56 Å². The smallest absolute Gasteiger partial charge is 0.0291 e. The quantitative estimate of drug-likeness (QED) is 0.677. The van der Waals surface area contributed by atoms with Gasteiger partial charge in [-0.15, -0.1) is 0 Å². The van der Waals surface area contributed by atoms with Crippen molar-refractivity contribution in [2.45, 2.75) is 32.2 Å². The van der Waals surface area contributed by atoms with Crippen molar-refractivity contribution in [2.75, 3.05) is 0 Å². The van der Waals surface area contributed by atoms with Gasteiger partial charge in [0.15, 0.2) is 0 Å². The summed E-state index contributed by atoms with van der Waals surface area (Å²) in [6.07, 6.45) is 3.16. The van der Waals surface area contributed by atoms with Crippen LogP contribution in [0.1, 0.15) is 25.3 Å². The SMILES string of the molecule is CC(CCCc1cc[c]cc1)NO. The van der Waals surface area contributed by atoms with Gasteiger partial charge in [0.05, 0.1) is 0 Å². The first kappa shape index (κ1) is 10.2. The molecule has 0 spiro atoms. The van der Waals surface area contributed by atoms with Crippen molar-refractivity contribution in [3.8, 4) is 0 Å². The van der Waals surface area contributed by atoms with Crippen LogP contribution in [0.3, 0.4) is 0 Å². The summed E-state index contributed by atoms with van der Waals surface area (Å²) in [5.74, 6) is 0. The highest BCUT2D eigenvalue weighted by Crippen LogP contribution is 2.05. The maximum absolute atomic E-state index is 8.58. The molecule has 0 aliphatic rings. The Morgan fingerprint density at radius 1 is 1.46 bits per heavy atom. The minimum Gasteiger partial charge on any atom is -0.317 e. The number of hydrogen-bond acceptors (Lipinski definition) is 2. The van der Waals surface area contributed by atoms with E-state index < -0.39 is 0 Å². The molecule has 1 unspecified atom stereocenters. The maximum atomic E-state index is 8.58. The second kappa shape index (κ2) is 5.73. The molecule has 1 atom stereocenters. The van der Waals surface area contributed by atoms with Crippen LogP contribution in [0.25, 0.3) is 0 Å². The molecule has 1 radical (unpaired) electrons. The van der Waals surface area contributed by atoms with Crippen LogP contribution in [0.4, 0.5) is 0 Å². The van der Waals surface area contributed by atoms with Crippen molar-refractivity contribution in [1.82, 2.24) is 5.48 Å². The third kappa shape index (κ3) is 4.06.